The Balaban J connectivity index is 1.49. The van der Waals surface area contributed by atoms with Crippen LogP contribution in [0.2, 0.25) is 0 Å². The maximum absolute atomic E-state index is 12.1. The summed E-state index contributed by atoms with van der Waals surface area (Å²) in [6.07, 6.45) is 2.32. The smallest absolute Gasteiger partial charge is 0.251 e. The first-order chi connectivity index (χ1) is 11.6. The van der Waals surface area contributed by atoms with E-state index in [4.69, 9.17) is 13.9 Å². The molecule has 2 aromatic rings. The molecule has 1 N–H and O–H groups in total. The fourth-order valence-electron chi connectivity index (χ4n) is 2.54. The molecule has 2 heterocycles. The molecular weight excluding hydrogens is 308 g/mol. The minimum Gasteiger partial charge on any atom is -0.491 e. The van der Waals surface area contributed by atoms with E-state index >= 15 is 0 Å². The zero-order chi connectivity index (χ0) is 16.9. The van der Waals surface area contributed by atoms with E-state index in [9.17, 15) is 4.79 Å². The van der Waals surface area contributed by atoms with Crippen molar-refractivity contribution in [3.63, 3.8) is 0 Å². The zero-order valence-corrected chi connectivity index (χ0v) is 14.0. The highest BCUT2D eigenvalue weighted by Gasteiger charge is 2.16. The Labute approximate surface area is 141 Å². The second kappa shape index (κ2) is 7.49. The summed E-state index contributed by atoms with van der Waals surface area (Å²) in [6, 6.07) is 7.07. The molecule has 0 unspecified atom stereocenters. The number of rotatable bonds is 6. The number of nitrogens with one attached hydrogen (secondary N) is 1. The highest BCUT2D eigenvalue weighted by Crippen LogP contribution is 2.16. The average Bonchev–Trinajstić information content (AvgIpc) is 3.21. The predicted molar refractivity (Wildman–Crippen MR) is 88.1 cm³/mol. The average molecular weight is 330 g/mol. The van der Waals surface area contributed by atoms with Crippen LogP contribution in [0, 0.1) is 13.8 Å². The number of benzene rings is 1. The number of oxazole rings is 1. The summed E-state index contributed by atoms with van der Waals surface area (Å²) in [7, 11) is 0. The third-order valence-corrected chi connectivity index (χ3v) is 4.05. The summed E-state index contributed by atoms with van der Waals surface area (Å²) in [4.78, 5) is 16.4. The molecule has 0 radical (unpaired) electrons. The Morgan fingerprint density at radius 1 is 1.33 bits per heavy atom. The monoisotopic (exact) mass is 330 g/mol. The molecule has 0 saturated carbocycles. The van der Waals surface area contributed by atoms with Crippen molar-refractivity contribution in [2.75, 3.05) is 13.2 Å². The van der Waals surface area contributed by atoms with Crippen LogP contribution in [0.25, 0.3) is 0 Å². The van der Waals surface area contributed by atoms with Crippen LogP contribution in [0.4, 0.5) is 0 Å². The maximum Gasteiger partial charge on any atom is 0.251 e. The van der Waals surface area contributed by atoms with E-state index in [1.165, 1.54) is 0 Å². The van der Waals surface area contributed by atoms with Crippen molar-refractivity contribution < 1.29 is 18.7 Å². The summed E-state index contributed by atoms with van der Waals surface area (Å²) >= 11 is 0. The first-order valence-corrected chi connectivity index (χ1v) is 8.17. The predicted octanol–water partition coefficient (Wildman–Crippen LogP) is 2.78. The van der Waals surface area contributed by atoms with Gasteiger partial charge in [-0.05, 0) is 51.0 Å². The molecule has 1 fully saturated rings. The molecule has 1 atom stereocenters. The third-order valence-electron chi connectivity index (χ3n) is 4.05. The molecule has 24 heavy (non-hydrogen) atoms. The molecule has 3 rings (SSSR count). The normalized spacial score (nSPS) is 17.0. The molecule has 1 aliphatic heterocycles. The van der Waals surface area contributed by atoms with Gasteiger partial charge >= 0.3 is 0 Å². The number of aromatic nitrogens is 1. The van der Waals surface area contributed by atoms with Crippen molar-refractivity contribution >= 4 is 5.91 Å². The lowest BCUT2D eigenvalue weighted by atomic mass is 10.2. The maximum atomic E-state index is 12.1. The standard InChI is InChI=1S/C18H22N2O4/c1-12-13(2)24-17(20-12)10-19-18(21)14-5-7-15(8-6-14)23-11-16-4-3-9-22-16/h5-8,16H,3-4,9-11H2,1-2H3,(H,19,21)/t16-/m0/s1. The van der Waals surface area contributed by atoms with Gasteiger partial charge in [0.1, 0.15) is 18.1 Å². The molecule has 1 amide bonds. The minimum atomic E-state index is -0.172. The Kier molecular flexibility index (Phi) is 5.15. The number of carbonyl (C=O) groups is 1. The quantitative estimate of drug-likeness (QED) is 0.881. The van der Waals surface area contributed by atoms with Gasteiger partial charge in [-0.15, -0.1) is 0 Å². The number of hydrogen-bond acceptors (Lipinski definition) is 5. The summed E-state index contributed by atoms with van der Waals surface area (Å²) in [5.74, 6) is 1.84. The van der Waals surface area contributed by atoms with Crippen LogP contribution in [0.1, 0.15) is 40.5 Å². The van der Waals surface area contributed by atoms with Crippen LogP contribution in [-0.2, 0) is 11.3 Å². The highest BCUT2D eigenvalue weighted by atomic mass is 16.5. The van der Waals surface area contributed by atoms with Gasteiger partial charge in [0.15, 0.2) is 0 Å². The zero-order valence-electron chi connectivity index (χ0n) is 14.0. The molecule has 1 aliphatic rings. The van der Waals surface area contributed by atoms with Crippen LogP contribution in [0.3, 0.4) is 0 Å². The molecule has 6 heteroatoms. The van der Waals surface area contributed by atoms with Gasteiger partial charge in [0.25, 0.3) is 5.91 Å². The van der Waals surface area contributed by atoms with E-state index in [1.807, 2.05) is 13.8 Å². The lowest BCUT2D eigenvalue weighted by Crippen LogP contribution is -2.23. The van der Waals surface area contributed by atoms with Crippen LogP contribution >= 0.6 is 0 Å². The van der Waals surface area contributed by atoms with E-state index < -0.39 is 0 Å². The Morgan fingerprint density at radius 3 is 2.75 bits per heavy atom. The molecule has 1 aromatic carbocycles. The molecule has 1 aromatic heterocycles. The third kappa shape index (κ3) is 4.14. The van der Waals surface area contributed by atoms with Crippen molar-refractivity contribution in [1.82, 2.24) is 10.3 Å². The molecule has 0 bridgehead atoms. The second-order valence-electron chi connectivity index (χ2n) is 5.90. The van der Waals surface area contributed by atoms with E-state index in [0.29, 0.717) is 18.1 Å². The van der Waals surface area contributed by atoms with Crippen molar-refractivity contribution in [1.29, 1.82) is 0 Å². The second-order valence-corrected chi connectivity index (χ2v) is 5.90. The summed E-state index contributed by atoms with van der Waals surface area (Å²) in [5.41, 5.74) is 1.41. The summed E-state index contributed by atoms with van der Waals surface area (Å²) in [5, 5.41) is 2.80. The van der Waals surface area contributed by atoms with Crippen molar-refractivity contribution in [2.24, 2.45) is 0 Å². The van der Waals surface area contributed by atoms with Gasteiger partial charge in [0.2, 0.25) is 5.89 Å². The lowest BCUT2D eigenvalue weighted by Gasteiger charge is -2.11. The Morgan fingerprint density at radius 2 is 2.12 bits per heavy atom. The number of nitrogens with zero attached hydrogens (tertiary/aromatic N) is 1. The van der Waals surface area contributed by atoms with Crippen LogP contribution in [0.5, 0.6) is 5.75 Å². The molecule has 0 aliphatic carbocycles. The summed E-state index contributed by atoms with van der Waals surface area (Å²) < 4.78 is 16.6. The van der Waals surface area contributed by atoms with Gasteiger partial charge in [-0.1, -0.05) is 0 Å². The minimum absolute atomic E-state index is 0.172. The fraction of sp³-hybridized carbons (Fsp3) is 0.444. The van der Waals surface area contributed by atoms with Crippen LogP contribution in [-0.4, -0.2) is 30.2 Å². The number of ether oxygens (including phenoxy) is 2. The SMILES string of the molecule is Cc1nc(CNC(=O)c2ccc(OC[C@@H]3CCCO3)cc2)oc1C. The molecular formula is C18H22N2O4. The Hall–Kier alpha value is -2.34. The molecule has 0 spiro atoms. The van der Waals surface area contributed by atoms with E-state index in [1.54, 1.807) is 24.3 Å². The molecule has 1 saturated heterocycles. The van der Waals surface area contributed by atoms with Crippen LogP contribution in [0.15, 0.2) is 28.7 Å². The Bertz CT molecular complexity index is 668. The van der Waals surface area contributed by atoms with E-state index in [-0.39, 0.29) is 18.6 Å². The topological polar surface area (TPSA) is 73.6 Å². The first-order valence-electron chi connectivity index (χ1n) is 8.17. The molecule has 128 valence electrons. The lowest BCUT2D eigenvalue weighted by molar-refractivity contribution is 0.0679. The van der Waals surface area contributed by atoms with E-state index in [2.05, 4.69) is 10.3 Å². The van der Waals surface area contributed by atoms with Gasteiger partial charge in [-0.25, -0.2) is 4.98 Å². The van der Waals surface area contributed by atoms with Gasteiger partial charge in [-0.2, -0.15) is 0 Å². The van der Waals surface area contributed by atoms with Crippen molar-refractivity contribution in [3.8, 4) is 5.75 Å². The van der Waals surface area contributed by atoms with Crippen molar-refractivity contribution in [3.05, 3.63) is 47.2 Å². The van der Waals surface area contributed by atoms with Gasteiger partial charge < -0.3 is 19.2 Å². The van der Waals surface area contributed by atoms with Gasteiger partial charge in [0, 0.05) is 12.2 Å². The number of hydrogen-bond donors (Lipinski definition) is 1. The first kappa shape index (κ1) is 16.5. The highest BCUT2D eigenvalue weighted by molar-refractivity contribution is 5.94. The number of carbonyl (C=O) groups excluding carboxylic acids is 1. The summed E-state index contributed by atoms with van der Waals surface area (Å²) in [6.45, 7) is 5.36. The van der Waals surface area contributed by atoms with Crippen LogP contribution < -0.4 is 10.1 Å². The molecule has 6 nitrogen and oxygen atoms in total. The number of aryl methyl sites for hydroxylation is 2. The number of amides is 1. The van der Waals surface area contributed by atoms with Crippen molar-refractivity contribution in [2.45, 2.75) is 39.3 Å². The fourth-order valence-corrected chi connectivity index (χ4v) is 2.54. The van der Waals surface area contributed by atoms with Gasteiger partial charge in [0.05, 0.1) is 18.3 Å². The van der Waals surface area contributed by atoms with Gasteiger partial charge in [-0.3, -0.25) is 4.79 Å². The van der Waals surface area contributed by atoms with E-state index in [0.717, 1.165) is 36.7 Å². The largest absolute Gasteiger partial charge is 0.491 e.